The van der Waals surface area contributed by atoms with Crippen molar-refractivity contribution in [3.05, 3.63) is 75.2 Å². The normalized spacial score (nSPS) is 11.0. The van der Waals surface area contributed by atoms with Gasteiger partial charge in [0, 0.05) is 10.7 Å². The Balaban J connectivity index is 1.66. The molecule has 0 saturated heterocycles. The number of carbonyl (C=O) groups is 1. The van der Waals surface area contributed by atoms with Crippen LogP contribution in [0, 0.1) is 13.8 Å². The lowest BCUT2D eigenvalue weighted by Crippen LogP contribution is -2.23. The number of benzene rings is 2. The lowest BCUT2D eigenvalue weighted by Gasteiger charge is -2.14. The summed E-state index contributed by atoms with van der Waals surface area (Å²) in [5.41, 5.74) is 3.24. The molecular weight excluding hydrogens is 422 g/mol. The number of hydrogen-bond donors (Lipinski definition) is 2. The molecule has 2 aromatic carbocycles. The third-order valence-corrected chi connectivity index (χ3v) is 6.03. The van der Waals surface area contributed by atoms with Crippen LogP contribution in [0.1, 0.15) is 11.1 Å². The van der Waals surface area contributed by atoms with E-state index >= 15 is 0 Å². The summed E-state index contributed by atoms with van der Waals surface area (Å²) in [6, 6.07) is 12.9. The van der Waals surface area contributed by atoms with Gasteiger partial charge in [-0.15, -0.1) is 0 Å². The maximum atomic E-state index is 13.1. The number of aromatic nitrogens is 4. The van der Waals surface area contributed by atoms with E-state index in [-0.39, 0.29) is 17.2 Å². The predicted molar refractivity (Wildman–Crippen MR) is 120 cm³/mol. The van der Waals surface area contributed by atoms with Gasteiger partial charge in [-0.1, -0.05) is 47.6 Å². The number of hydrogen-bond acceptors (Lipinski definition) is 5. The number of amides is 1. The molecule has 9 heteroatoms. The van der Waals surface area contributed by atoms with E-state index in [0.717, 1.165) is 11.1 Å². The summed E-state index contributed by atoms with van der Waals surface area (Å²) in [7, 11) is 0. The van der Waals surface area contributed by atoms with Gasteiger partial charge in [-0.2, -0.15) is 5.10 Å². The van der Waals surface area contributed by atoms with Crippen molar-refractivity contribution in [1.29, 1.82) is 0 Å². The number of aryl methyl sites for hydroxylation is 1. The number of rotatable bonds is 5. The Morgan fingerprint density at radius 2 is 2.00 bits per heavy atom. The van der Waals surface area contributed by atoms with Crippen LogP contribution >= 0.6 is 23.4 Å². The molecule has 0 atom stereocenters. The van der Waals surface area contributed by atoms with E-state index in [2.05, 4.69) is 20.5 Å². The summed E-state index contributed by atoms with van der Waals surface area (Å²) >= 11 is 7.30. The fourth-order valence-corrected chi connectivity index (χ4v) is 4.03. The Bertz CT molecular complexity index is 1310. The van der Waals surface area contributed by atoms with E-state index in [9.17, 15) is 9.59 Å². The molecule has 7 nitrogen and oxygen atoms in total. The van der Waals surface area contributed by atoms with Gasteiger partial charge in [0.25, 0.3) is 5.56 Å². The van der Waals surface area contributed by atoms with Crippen molar-refractivity contribution in [3.63, 3.8) is 0 Å². The molecule has 0 bridgehead atoms. The smallest absolute Gasteiger partial charge is 0.269 e. The maximum absolute atomic E-state index is 13.1. The first-order chi connectivity index (χ1) is 14.5. The molecular formula is C21H18ClN5O2S. The van der Waals surface area contributed by atoms with Crippen molar-refractivity contribution in [2.24, 2.45) is 0 Å². The van der Waals surface area contributed by atoms with Crippen LogP contribution in [-0.2, 0) is 4.79 Å². The second-order valence-electron chi connectivity index (χ2n) is 6.70. The largest absolute Gasteiger partial charge is 0.325 e. The third-order valence-electron chi connectivity index (χ3n) is 4.68. The molecule has 2 N–H and O–H groups in total. The quantitative estimate of drug-likeness (QED) is 0.360. The minimum atomic E-state index is -0.239. The third kappa shape index (κ3) is 3.83. The van der Waals surface area contributed by atoms with Crippen LogP contribution in [0.25, 0.3) is 16.7 Å². The lowest BCUT2D eigenvalue weighted by molar-refractivity contribution is -0.113. The van der Waals surface area contributed by atoms with E-state index in [1.807, 2.05) is 38.1 Å². The highest BCUT2D eigenvalue weighted by Gasteiger charge is 2.17. The van der Waals surface area contributed by atoms with Crippen molar-refractivity contribution >= 4 is 46.0 Å². The van der Waals surface area contributed by atoms with E-state index in [0.29, 0.717) is 32.6 Å². The first kappa shape index (κ1) is 20.2. The van der Waals surface area contributed by atoms with Gasteiger partial charge in [0.05, 0.1) is 17.6 Å². The Morgan fingerprint density at radius 3 is 2.80 bits per heavy atom. The number of carbonyl (C=O) groups excluding carboxylic acids is 1. The second kappa shape index (κ2) is 8.33. The van der Waals surface area contributed by atoms with Crippen LogP contribution in [0.2, 0.25) is 5.02 Å². The van der Waals surface area contributed by atoms with Crippen LogP contribution in [0.3, 0.4) is 0 Å². The van der Waals surface area contributed by atoms with E-state index in [4.69, 9.17) is 11.6 Å². The van der Waals surface area contributed by atoms with Gasteiger partial charge >= 0.3 is 0 Å². The van der Waals surface area contributed by atoms with Gasteiger partial charge < -0.3 is 5.32 Å². The number of aromatic amines is 1. The molecule has 0 radical (unpaired) electrons. The molecule has 2 heterocycles. The van der Waals surface area contributed by atoms with Gasteiger partial charge in [-0.05, 0) is 43.2 Å². The van der Waals surface area contributed by atoms with Gasteiger partial charge in [-0.3, -0.25) is 19.3 Å². The monoisotopic (exact) mass is 439 g/mol. The lowest BCUT2D eigenvalue weighted by atomic mass is 10.2. The standard InChI is InChI=1S/C21H18ClN5O2S/c1-12-6-3-4-9-17(12)27-20(29)14-10-23-26-19(14)25-21(27)30-11-18(28)24-16-8-5-7-15(22)13(16)2/h3-10H,11H2,1-2H3,(H,23,26)(H,24,28). The highest BCUT2D eigenvalue weighted by molar-refractivity contribution is 7.99. The maximum Gasteiger partial charge on any atom is 0.269 e. The number of fused-ring (bicyclic) bond motifs is 1. The fourth-order valence-electron chi connectivity index (χ4n) is 3.06. The molecule has 4 aromatic rings. The molecule has 0 fully saturated rings. The Hall–Kier alpha value is -3.10. The Kier molecular flexibility index (Phi) is 5.61. The number of anilines is 1. The Morgan fingerprint density at radius 1 is 1.20 bits per heavy atom. The van der Waals surface area contributed by atoms with E-state index < -0.39 is 0 Å². The summed E-state index contributed by atoms with van der Waals surface area (Å²) in [6.45, 7) is 3.76. The Labute approximate surface area is 181 Å². The SMILES string of the molecule is Cc1ccccc1-n1c(SCC(=O)Nc2cccc(Cl)c2C)nc2[nH]ncc2c1=O. The number of nitrogens with zero attached hydrogens (tertiary/aromatic N) is 3. The molecule has 0 aliphatic carbocycles. The summed E-state index contributed by atoms with van der Waals surface area (Å²) in [5.74, 6) is -0.148. The highest BCUT2D eigenvalue weighted by atomic mass is 35.5. The van der Waals surface area contributed by atoms with E-state index in [1.165, 1.54) is 22.5 Å². The molecule has 4 rings (SSSR count). The van der Waals surface area contributed by atoms with Crippen LogP contribution < -0.4 is 10.9 Å². The fraction of sp³-hybridized carbons (Fsp3) is 0.143. The van der Waals surface area contributed by atoms with Crippen LogP contribution in [-0.4, -0.2) is 31.4 Å². The molecule has 0 aliphatic heterocycles. The first-order valence-electron chi connectivity index (χ1n) is 9.15. The van der Waals surface area contributed by atoms with Crippen LogP contribution in [0.4, 0.5) is 5.69 Å². The zero-order chi connectivity index (χ0) is 21.3. The van der Waals surface area contributed by atoms with Gasteiger partial charge in [-0.25, -0.2) is 4.98 Å². The molecule has 152 valence electrons. The van der Waals surface area contributed by atoms with Gasteiger partial charge in [0.1, 0.15) is 5.39 Å². The molecule has 0 aliphatic rings. The molecule has 2 aromatic heterocycles. The summed E-state index contributed by atoms with van der Waals surface area (Å²) in [4.78, 5) is 30.2. The average molecular weight is 440 g/mol. The average Bonchev–Trinajstić information content (AvgIpc) is 3.20. The zero-order valence-corrected chi connectivity index (χ0v) is 17.8. The highest BCUT2D eigenvalue weighted by Crippen LogP contribution is 2.25. The van der Waals surface area contributed by atoms with Gasteiger partial charge in [0.15, 0.2) is 10.8 Å². The minimum absolute atomic E-state index is 0.0733. The molecule has 0 unspecified atom stereocenters. The van der Waals surface area contributed by atoms with Crippen molar-refractivity contribution in [1.82, 2.24) is 19.7 Å². The number of halogens is 1. The summed E-state index contributed by atoms with van der Waals surface area (Å²) in [6.07, 6.45) is 1.46. The number of H-pyrrole nitrogens is 1. The number of nitrogens with one attached hydrogen (secondary N) is 2. The second-order valence-corrected chi connectivity index (χ2v) is 8.05. The first-order valence-corrected chi connectivity index (χ1v) is 10.5. The van der Waals surface area contributed by atoms with Crippen LogP contribution in [0.15, 0.2) is 58.6 Å². The summed E-state index contributed by atoms with van der Waals surface area (Å²) < 4.78 is 1.52. The molecule has 0 spiro atoms. The van der Waals surface area contributed by atoms with Gasteiger partial charge in [0.2, 0.25) is 5.91 Å². The summed E-state index contributed by atoms with van der Waals surface area (Å²) in [5, 5.41) is 10.9. The number of para-hydroxylation sites is 1. The van der Waals surface area contributed by atoms with Crippen molar-refractivity contribution in [2.45, 2.75) is 19.0 Å². The molecule has 1 amide bonds. The molecule has 30 heavy (non-hydrogen) atoms. The van der Waals surface area contributed by atoms with Crippen molar-refractivity contribution in [2.75, 3.05) is 11.1 Å². The van der Waals surface area contributed by atoms with E-state index in [1.54, 1.807) is 18.2 Å². The van der Waals surface area contributed by atoms with Crippen molar-refractivity contribution in [3.8, 4) is 5.69 Å². The van der Waals surface area contributed by atoms with Crippen molar-refractivity contribution < 1.29 is 4.79 Å². The predicted octanol–water partition coefficient (Wildman–Crippen LogP) is 4.11. The minimum Gasteiger partial charge on any atom is -0.325 e. The zero-order valence-electron chi connectivity index (χ0n) is 16.3. The topological polar surface area (TPSA) is 92.7 Å². The number of thioether (sulfide) groups is 1. The molecule has 0 saturated carbocycles. The van der Waals surface area contributed by atoms with Crippen LogP contribution in [0.5, 0.6) is 0 Å².